The van der Waals surface area contributed by atoms with Crippen molar-refractivity contribution in [1.29, 1.82) is 0 Å². The Morgan fingerprint density at radius 1 is 1.28 bits per heavy atom. The lowest BCUT2D eigenvalue weighted by molar-refractivity contribution is 0.0948. The predicted molar refractivity (Wildman–Crippen MR) is 98.5 cm³/mol. The van der Waals surface area contributed by atoms with Gasteiger partial charge >= 0.3 is 0 Å². The van der Waals surface area contributed by atoms with Crippen LogP contribution in [0.15, 0.2) is 36.7 Å². The molecule has 1 aliphatic heterocycles. The minimum Gasteiger partial charge on any atom is -0.387 e. The largest absolute Gasteiger partial charge is 0.387 e. The van der Waals surface area contributed by atoms with Crippen LogP contribution in [-0.2, 0) is 6.54 Å². The second kappa shape index (κ2) is 8.07. The van der Waals surface area contributed by atoms with Crippen LogP contribution in [0.1, 0.15) is 28.2 Å². The van der Waals surface area contributed by atoms with E-state index in [1.54, 1.807) is 0 Å². The van der Waals surface area contributed by atoms with Crippen molar-refractivity contribution in [3.63, 3.8) is 0 Å². The van der Waals surface area contributed by atoms with E-state index in [2.05, 4.69) is 25.5 Å². The number of nitrogens with one attached hydrogen (secondary N) is 2. The molecule has 0 unspecified atom stereocenters. The van der Waals surface area contributed by atoms with Gasteiger partial charge in [0, 0.05) is 50.3 Å². The van der Waals surface area contributed by atoms with Crippen molar-refractivity contribution in [3.8, 4) is 0 Å². The second-order valence-corrected chi connectivity index (χ2v) is 6.53. The third kappa shape index (κ3) is 4.54. The number of para-hydroxylation sites is 1. The van der Waals surface area contributed by atoms with E-state index in [9.17, 15) is 4.79 Å². The Labute approximate surface area is 148 Å². The van der Waals surface area contributed by atoms with Crippen LogP contribution in [0.5, 0.6) is 0 Å². The van der Waals surface area contributed by atoms with Crippen LogP contribution in [0, 0.1) is 12.8 Å². The summed E-state index contributed by atoms with van der Waals surface area (Å²) >= 11 is 0. The number of rotatable bonds is 6. The van der Waals surface area contributed by atoms with Crippen LogP contribution in [-0.4, -0.2) is 47.5 Å². The number of benzene rings is 1. The fourth-order valence-corrected chi connectivity index (χ4v) is 3.21. The Hall–Kier alpha value is -2.47. The van der Waals surface area contributed by atoms with Crippen LogP contribution in [0.3, 0.4) is 0 Å². The SMILES string of the molecule is CNc1ccccc1C(=O)NC[C@H]1CCN(Cc2cnc(C)nc2)C1. The van der Waals surface area contributed by atoms with E-state index in [0.29, 0.717) is 18.0 Å². The Morgan fingerprint density at radius 2 is 2.04 bits per heavy atom. The Morgan fingerprint density at radius 3 is 2.80 bits per heavy atom. The molecule has 132 valence electrons. The monoisotopic (exact) mass is 339 g/mol. The van der Waals surface area contributed by atoms with Gasteiger partial charge in [-0.3, -0.25) is 9.69 Å². The Balaban J connectivity index is 1.48. The van der Waals surface area contributed by atoms with Crippen molar-refractivity contribution < 1.29 is 4.79 Å². The van der Waals surface area contributed by atoms with Crippen LogP contribution < -0.4 is 10.6 Å². The highest BCUT2D eigenvalue weighted by molar-refractivity contribution is 5.99. The van der Waals surface area contributed by atoms with E-state index < -0.39 is 0 Å². The normalized spacial score (nSPS) is 17.4. The first-order valence-electron chi connectivity index (χ1n) is 8.70. The molecule has 0 radical (unpaired) electrons. The second-order valence-electron chi connectivity index (χ2n) is 6.53. The van der Waals surface area contributed by atoms with E-state index in [4.69, 9.17) is 0 Å². The molecule has 1 amide bonds. The number of carbonyl (C=O) groups excluding carboxylic acids is 1. The maximum atomic E-state index is 12.4. The van der Waals surface area contributed by atoms with E-state index in [0.717, 1.165) is 43.1 Å². The summed E-state index contributed by atoms with van der Waals surface area (Å²) in [5.74, 6) is 1.26. The quantitative estimate of drug-likeness (QED) is 0.843. The summed E-state index contributed by atoms with van der Waals surface area (Å²) in [5.41, 5.74) is 2.68. The number of carbonyl (C=O) groups is 1. The molecule has 3 rings (SSSR count). The average Bonchev–Trinajstić information content (AvgIpc) is 3.09. The minimum absolute atomic E-state index is 0.0182. The van der Waals surface area contributed by atoms with Crippen LogP contribution in [0.4, 0.5) is 5.69 Å². The third-order valence-electron chi connectivity index (χ3n) is 4.60. The fraction of sp³-hybridized carbons (Fsp3) is 0.421. The molecule has 1 atom stereocenters. The molecule has 0 aliphatic carbocycles. The summed E-state index contributed by atoms with van der Waals surface area (Å²) in [5, 5.41) is 6.14. The summed E-state index contributed by atoms with van der Waals surface area (Å²) in [6.45, 7) is 5.50. The molecule has 0 saturated carbocycles. The number of likely N-dealkylation sites (tertiary alicyclic amines) is 1. The summed E-state index contributed by atoms with van der Waals surface area (Å²) in [7, 11) is 1.83. The van der Waals surface area contributed by atoms with Gasteiger partial charge in [-0.2, -0.15) is 0 Å². The fourth-order valence-electron chi connectivity index (χ4n) is 3.21. The molecule has 2 heterocycles. The summed E-state index contributed by atoms with van der Waals surface area (Å²) in [4.78, 5) is 23.3. The third-order valence-corrected chi connectivity index (χ3v) is 4.60. The zero-order chi connectivity index (χ0) is 17.6. The topological polar surface area (TPSA) is 70.2 Å². The van der Waals surface area contributed by atoms with Crippen LogP contribution >= 0.6 is 0 Å². The molecule has 0 bridgehead atoms. The average molecular weight is 339 g/mol. The molecule has 1 aromatic carbocycles. The molecule has 2 aromatic rings. The van der Waals surface area contributed by atoms with Crippen molar-refractivity contribution in [3.05, 3.63) is 53.6 Å². The Bertz CT molecular complexity index is 716. The number of amides is 1. The molecule has 6 nitrogen and oxygen atoms in total. The van der Waals surface area contributed by atoms with Crippen LogP contribution in [0.2, 0.25) is 0 Å². The molecule has 1 aliphatic rings. The predicted octanol–water partition coefficient (Wildman–Crippen LogP) is 2.08. The molecule has 2 N–H and O–H groups in total. The lowest BCUT2D eigenvalue weighted by atomic mass is 10.1. The molecule has 6 heteroatoms. The van der Waals surface area contributed by atoms with E-state index in [-0.39, 0.29) is 5.91 Å². The maximum Gasteiger partial charge on any atom is 0.253 e. The van der Waals surface area contributed by atoms with Crippen molar-refractivity contribution >= 4 is 11.6 Å². The van der Waals surface area contributed by atoms with Crippen LogP contribution in [0.25, 0.3) is 0 Å². The van der Waals surface area contributed by atoms with Gasteiger partial charge in [-0.15, -0.1) is 0 Å². The highest BCUT2D eigenvalue weighted by atomic mass is 16.1. The van der Waals surface area contributed by atoms with Gasteiger partial charge in [0.1, 0.15) is 5.82 Å². The minimum atomic E-state index is -0.0182. The maximum absolute atomic E-state index is 12.4. The summed E-state index contributed by atoms with van der Waals surface area (Å²) in [6, 6.07) is 7.57. The van der Waals surface area contributed by atoms with E-state index >= 15 is 0 Å². The molecule has 0 spiro atoms. The lowest BCUT2D eigenvalue weighted by Crippen LogP contribution is -2.31. The number of aryl methyl sites for hydroxylation is 1. The van der Waals surface area contributed by atoms with E-state index in [1.165, 1.54) is 0 Å². The number of nitrogens with zero attached hydrogens (tertiary/aromatic N) is 3. The summed E-state index contributed by atoms with van der Waals surface area (Å²) < 4.78 is 0. The molecular weight excluding hydrogens is 314 g/mol. The molecule has 1 saturated heterocycles. The van der Waals surface area contributed by atoms with Gasteiger partial charge in [-0.1, -0.05) is 12.1 Å². The first-order chi connectivity index (χ1) is 12.2. The lowest BCUT2D eigenvalue weighted by Gasteiger charge is -2.16. The number of anilines is 1. The van der Waals surface area contributed by atoms with Crippen molar-refractivity contribution in [2.75, 3.05) is 32.0 Å². The van der Waals surface area contributed by atoms with Gasteiger partial charge in [0.2, 0.25) is 0 Å². The zero-order valence-electron chi connectivity index (χ0n) is 14.8. The number of aromatic nitrogens is 2. The zero-order valence-corrected chi connectivity index (χ0v) is 14.8. The first kappa shape index (κ1) is 17.4. The highest BCUT2D eigenvalue weighted by Crippen LogP contribution is 2.19. The van der Waals surface area contributed by atoms with Gasteiger partial charge in [0.05, 0.1) is 5.56 Å². The Kier molecular flexibility index (Phi) is 5.60. The number of hydrogen-bond donors (Lipinski definition) is 2. The van der Waals surface area contributed by atoms with Crippen molar-refractivity contribution in [1.82, 2.24) is 20.2 Å². The van der Waals surface area contributed by atoms with Gasteiger partial charge in [0.15, 0.2) is 0 Å². The van der Waals surface area contributed by atoms with Gasteiger partial charge in [-0.25, -0.2) is 9.97 Å². The molecule has 25 heavy (non-hydrogen) atoms. The van der Waals surface area contributed by atoms with Crippen molar-refractivity contribution in [2.45, 2.75) is 19.9 Å². The highest BCUT2D eigenvalue weighted by Gasteiger charge is 2.23. The van der Waals surface area contributed by atoms with Gasteiger partial charge in [0.25, 0.3) is 5.91 Å². The first-order valence-corrected chi connectivity index (χ1v) is 8.70. The number of hydrogen-bond acceptors (Lipinski definition) is 5. The molecule has 1 aromatic heterocycles. The van der Waals surface area contributed by atoms with Gasteiger partial charge in [-0.05, 0) is 37.9 Å². The van der Waals surface area contributed by atoms with Gasteiger partial charge < -0.3 is 10.6 Å². The smallest absolute Gasteiger partial charge is 0.253 e. The molecule has 1 fully saturated rings. The standard InChI is InChI=1S/C19H25N5O/c1-14-21-10-16(11-22-14)13-24-8-7-15(12-24)9-23-19(25)17-5-3-4-6-18(17)20-2/h3-6,10-11,15,20H,7-9,12-13H2,1-2H3,(H,23,25)/t15-/m1/s1. The molecular formula is C19H25N5O. The summed E-state index contributed by atoms with van der Waals surface area (Å²) in [6.07, 6.45) is 4.89. The van der Waals surface area contributed by atoms with E-state index in [1.807, 2.05) is 50.6 Å². The van der Waals surface area contributed by atoms with Crippen molar-refractivity contribution in [2.24, 2.45) is 5.92 Å².